The molecule has 0 aliphatic rings. The molecule has 0 aliphatic carbocycles. The van der Waals surface area contributed by atoms with Crippen molar-refractivity contribution in [2.45, 2.75) is 12.8 Å². The molecule has 0 heterocycles. The van der Waals surface area contributed by atoms with E-state index in [2.05, 4.69) is 0 Å². The molecule has 0 unspecified atom stereocenters. The Morgan fingerprint density at radius 1 is 1.28 bits per heavy atom. The number of sulfonamides is 1. The molecule has 0 aliphatic heterocycles. The van der Waals surface area contributed by atoms with Crippen LogP contribution in [0.15, 0.2) is 24.3 Å². The van der Waals surface area contributed by atoms with Gasteiger partial charge in [0.1, 0.15) is 5.75 Å². The van der Waals surface area contributed by atoms with Crippen LogP contribution in [0.1, 0.15) is 12.8 Å². The lowest BCUT2D eigenvalue weighted by Gasteiger charge is -2.19. The van der Waals surface area contributed by atoms with E-state index >= 15 is 0 Å². The lowest BCUT2D eigenvalue weighted by Crippen LogP contribution is -2.29. The fourth-order valence-corrected chi connectivity index (χ4v) is 2.59. The van der Waals surface area contributed by atoms with Crippen LogP contribution in [0.4, 0.5) is 5.69 Å². The number of hydrogen-bond acceptors (Lipinski definition) is 4. The van der Waals surface area contributed by atoms with Crippen LogP contribution in [-0.4, -0.2) is 37.4 Å². The van der Waals surface area contributed by atoms with Gasteiger partial charge in [-0.1, -0.05) is 0 Å². The van der Waals surface area contributed by atoms with Gasteiger partial charge < -0.3 is 10.2 Å². The molecule has 0 amide bonds. The molecule has 0 bridgehead atoms. The van der Waals surface area contributed by atoms with E-state index in [1.165, 1.54) is 31.3 Å². The molecule has 6 nitrogen and oxygen atoms in total. The van der Waals surface area contributed by atoms with Crippen LogP contribution in [0.5, 0.6) is 5.75 Å². The Morgan fingerprint density at radius 3 is 2.33 bits per heavy atom. The summed E-state index contributed by atoms with van der Waals surface area (Å²) < 4.78 is 24.8. The van der Waals surface area contributed by atoms with Crippen LogP contribution in [0.2, 0.25) is 0 Å². The minimum absolute atomic E-state index is 0.0513. The molecule has 7 heteroatoms. The predicted molar refractivity (Wildman–Crippen MR) is 67.2 cm³/mol. The van der Waals surface area contributed by atoms with E-state index in [-0.39, 0.29) is 24.3 Å². The van der Waals surface area contributed by atoms with Gasteiger partial charge >= 0.3 is 5.97 Å². The highest BCUT2D eigenvalue weighted by Gasteiger charge is 2.18. The van der Waals surface area contributed by atoms with Gasteiger partial charge in [-0.25, -0.2) is 8.42 Å². The van der Waals surface area contributed by atoms with E-state index in [1.54, 1.807) is 0 Å². The number of carboxylic acid groups (broad SMARTS) is 1. The van der Waals surface area contributed by atoms with Gasteiger partial charge in [-0.2, -0.15) is 0 Å². The molecule has 0 aromatic heterocycles. The van der Waals surface area contributed by atoms with Gasteiger partial charge in [-0.3, -0.25) is 9.10 Å². The van der Waals surface area contributed by atoms with Crippen molar-refractivity contribution in [1.29, 1.82) is 0 Å². The Hall–Kier alpha value is -1.76. The number of anilines is 1. The zero-order valence-corrected chi connectivity index (χ0v) is 10.7. The topological polar surface area (TPSA) is 94.9 Å². The second-order valence-corrected chi connectivity index (χ2v) is 5.92. The number of benzene rings is 1. The summed E-state index contributed by atoms with van der Waals surface area (Å²) in [7, 11) is -2.14. The van der Waals surface area contributed by atoms with E-state index in [0.717, 1.165) is 4.31 Å². The fraction of sp³-hybridized carbons (Fsp3) is 0.364. The molecule has 1 aromatic carbocycles. The number of nitrogens with zero attached hydrogens (tertiary/aromatic N) is 1. The van der Waals surface area contributed by atoms with Crippen LogP contribution in [-0.2, 0) is 14.8 Å². The average Bonchev–Trinajstić information content (AvgIpc) is 2.28. The molecular weight excluding hydrogens is 258 g/mol. The molecular formula is C11H15NO5S. The van der Waals surface area contributed by atoms with Gasteiger partial charge in [-0.05, 0) is 30.7 Å². The van der Waals surface area contributed by atoms with Crippen molar-refractivity contribution in [1.82, 2.24) is 0 Å². The fourth-order valence-electron chi connectivity index (χ4n) is 1.37. The van der Waals surface area contributed by atoms with Gasteiger partial charge in [0, 0.05) is 13.5 Å². The molecule has 2 N–H and O–H groups in total. The zero-order valence-electron chi connectivity index (χ0n) is 9.91. The number of aromatic hydroxyl groups is 1. The number of carboxylic acids is 1. The first-order valence-corrected chi connectivity index (χ1v) is 6.91. The minimum atomic E-state index is -3.53. The average molecular weight is 273 g/mol. The van der Waals surface area contributed by atoms with Gasteiger partial charge in [0.25, 0.3) is 0 Å². The van der Waals surface area contributed by atoms with Crippen molar-refractivity contribution in [3.05, 3.63) is 24.3 Å². The molecule has 0 saturated carbocycles. The maximum absolute atomic E-state index is 11.9. The van der Waals surface area contributed by atoms with Crippen molar-refractivity contribution in [2.75, 3.05) is 17.1 Å². The number of phenolic OH excluding ortho intramolecular Hbond substituents is 1. The predicted octanol–water partition coefficient (Wildman–Crippen LogP) is 1.02. The van der Waals surface area contributed by atoms with E-state index in [4.69, 9.17) is 10.2 Å². The maximum atomic E-state index is 11.9. The van der Waals surface area contributed by atoms with Crippen LogP contribution >= 0.6 is 0 Å². The van der Waals surface area contributed by atoms with Gasteiger partial charge in [0.2, 0.25) is 10.0 Å². The summed E-state index contributed by atoms with van der Waals surface area (Å²) in [4.78, 5) is 10.3. The van der Waals surface area contributed by atoms with Crippen molar-refractivity contribution >= 4 is 21.7 Å². The van der Waals surface area contributed by atoms with Crippen molar-refractivity contribution in [3.8, 4) is 5.75 Å². The van der Waals surface area contributed by atoms with E-state index in [1.807, 2.05) is 0 Å². The van der Waals surface area contributed by atoms with Crippen molar-refractivity contribution in [3.63, 3.8) is 0 Å². The Kier molecular flexibility index (Phi) is 4.55. The summed E-state index contributed by atoms with van der Waals surface area (Å²) in [6.45, 7) is 0. The summed E-state index contributed by atoms with van der Waals surface area (Å²) in [6, 6.07) is 5.73. The number of hydrogen-bond donors (Lipinski definition) is 2. The van der Waals surface area contributed by atoms with Gasteiger partial charge in [0.15, 0.2) is 0 Å². The SMILES string of the molecule is CN(c1ccc(O)cc1)S(=O)(=O)CCCC(=O)O. The lowest BCUT2D eigenvalue weighted by molar-refractivity contribution is -0.137. The molecule has 0 spiro atoms. The third-order valence-corrected chi connectivity index (χ3v) is 4.27. The number of rotatable bonds is 6. The van der Waals surface area contributed by atoms with Crippen LogP contribution in [0.3, 0.4) is 0 Å². The molecule has 0 atom stereocenters. The highest BCUT2D eigenvalue weighted by atomic mass is 32.2. The quantitative estimate of drug-likeness (QED) is 0.807. The Labute approximate surface area is 106 Å². The summed E-state index contributed by atoms with van der Waals surface area (Å²) in [5.74, 6) is -1.19. The summed E-state index contributed by atoms with van der Waals surface area (Å²) >= 11 is 0. The summed E-state index contributed by atoms with van der Waals surface area (Å²) in [6.07, 6.45) is -0.108. The largest absolute Gasteiger partial charge is 0.508 e. The highest BCUT2D eigenvalue weighted by molar-refractivity contribution is 7.92. The zero-order chi connectivity index (χ0) is 13.8. The number of carbonyl (C=O) groups is 1. The second-order valence-electron chi connectivity index (χ2n) is 3.80. The first-order chi connectivity index (χ1) is 8.33. The van der Waals surface area contributed by atoms with E-state index in [0.29, 0.717) is 5.69 Å². The third-order valence-electron chi connectivity index (χ3n) is 2.42. The second kappa shape index (κ2) is 5.72. The van der Waals surface area contributed by atoms with Crippen LogP contribution in [0, 0.1) is 0 Å². The Morgan fingerprint density at radius 2 is 1.83 bits per heavy atom. The van der Waals surface area contributed by atoms with Crippen molar-refractivity contribution < 1.29 is 23.4 Å². The molecule has 1 aromatic rings. The maximum Gasteiger partial charge on any atom is 0.303 e. The van der Waals surface area contributed by atoms with Crippen molar-refractivity contribution in [2.24, 2.45) is 0 Å². The molecule has 0 fully saturated rings. The Balaban J connectivity index is 2.72. The van der Waals surface area contributed by atoms with E-state index in [9.17, 15) is 13.2 Å². The first-order valence-electron chi connectivity index (χ1n) is 5.30. The van der Waals surface area contributed by atoms with Crippen LogP contribution < -0.4 is 4.31 Å². The first kappa shape index (κ1) is 14.3. The third kappa shape index (κ3) is 3.92. The standard InChI is InChI=1S/C11H15NO5S/c1-12(9-4-6-10(13)7-5-9)18(16,17)8-2-3-11(14)15/h4-7,13H,2-3,8H2,1H3,(H,14,15). The normalized spacial score (nSPS) is 11.2. The summed E-state index contributed by atoms with van der Waals surface area (Å²) in [5.41, 5.74) is 0.420. The Bertz CT molecular complexity index is 509. The van der Waals surface area contributed by atoms with E-state index < -0.39 is 16.0 Å². The molecule has 0 saturated heterocycles. The number of phenols is 1. The van der Waals surface area contributed by atoms with Gasteiger partial charge in [-0.15, -0.1) is 0 Å². The number of aliphatic carboxylic acids is 1. The lowest BCUT2D eigenvalue weighted by atomic mass is 10.3. The molecule has 0 radical (unpaired) electrons. The molecule has 100 valence electrons. The monoisotopic (exact) mass is 273 g/mol. The molecule has 1 rings (SSSR count). The van der Waals surface area contributed by atoms with Gasteiger partial charge in [0.05, 0.1) is 11.4 Å². The smallest absolute Gasteiger partial charge is 0.303 e. The minimum Gasteiger partial charge on any atom is -0.508 e. The van der Waals surface area contributed by atoms with Crippen LogP contribution in [0.25, 0.3) is 0 Å². The molecule has 18 heavy (non-hydrogen) atoms. The highest BCUT2D eigenvalue weighted by Crippen LogP contribution is 2.20. The summed E-state index contributed by atoms with van der Waals surface area (Å²) in [5, 5.41) is 17.6.